The smallest absolute Gasteiger partial charge is 0.232 e. The van der Waals surface area contributed by atoms with Gasteiger partial charge in [0, 0.05) is 24.4 Å². The number of anilines is 1. The normalized spacial score (nSPS) is 11.0. The third kappa shape index (κ3) is 3.51. The first-order chi connectivity index (χ1) is 12.4. The van der Waals surface area contributed by atoms with E-state index in [4.69, 9.17) is 4.42 Å². The molecule has 2 heterocycles. The molecule has 3 rings (SSSR count). The number of nitrogens with zero attached hydrogens (tertiary/aromatic N) is 3. The Labute approximate surface area is 149 Å². The van der Waals surface area contributed by atoms with Gasteiger partial charge in [0.05, 0.1) is 30.6 Å². The van der Waals surface area contributed by atoms with Crippen molar-refractivity contribution in [2.24, 2.45) is 7.05 Å². The van der Waals surface area contributed by atoms with Crippen molar-refractivity contribution in [1.82, 2.24) is 9.78 Å². The number of aromatic nitrogens is 2. The van der Waals surface area contributed by atoms with Gasteiger partial charge in [-0.2, -0.15) is 5.10 Å². The number of aryl methyl sites for hydroxylation is 2. The van der Waals surface area contributed by atoms with Crippen LogP contribution >= 0.6 is 0 Å². The van der Waals surface area contributed by atoms with Gasteiger partial charge in [-0.15, -0.1) is 0 Å². The lowest BCUT2D eigenvalue weighted by molar-refractivity contribution is -0.118. The highest BCUT2D eigenvalue weighted by Gasteiger charge is 2.23. The number of carbonyl (C=O) groups is 1. The largest absolute Gasteiger partial charge is 0.467 e. The van der Waals surface area contributed by atoms with Gasteiger partial charge in [-0.1, -0.05) is 0 Å². The maximum absolute atomic E-state index is 14.3. The lowest BCUT2D eigenvalue weighted by atomic mass is 10.1. The molecule has 0 bridgehead atoms. The van der Waals surface area contributed by atoms with Crippen molar-refractivity contribution in [3.63, 3.8) is 0 Å². The molecule has 0 fully saturated rings. The molecule has 7 heteroatoms. The van der Waals surface area contributed by atoms with Crippen LogP contribution in [0.1, 0.15) is 22.7 Å². The molecule has 0 unspecified atom stereocenters. The zero-order valence-corrected chi connectivity index (χ0v) is 14.8. The molecule has 0 aliphatic heterocycles. The molecule has 0 aliphatic rings. The van der Waals surface area contributed by atoms with Gasteiger partial charge in [0.1, 0.15) is 17.4 Å². The predicted octanol–water partition coefficient (Wildman–Crippen LogP) is 3.68. The number of rotatable bonds is 5. The van der Waals surface area contributed by atoms with E-state index in [-0.39, 0.29) is 24.6 Å². The second kappa shape index (κ2) is 7.11. The van der Waals surface area contributed by atoms with Crippen LogP contribution in [0, 0.1) is 25.5 Å². The van der Waals surface area contributed by atoms with Crippen LogP contribution in [0.25, 0.3) is 0 Å². The first-order valence-corrected chi connectivity index (χ1v) is 8.13. The summed E-state index contributed by atoms with van der Waals surface area (Å²) in [7, 11) is 1.80. The zero-order valence-electron chi connectivity index (χ0n) is 14.8. The fourth-order valence-corrected chi connectivity index (χ4v) is 2.89. The number of halogens is 2. The molecule has 0 atom stereocenters. The fraction of sp³-hybridized carbons (Fsp3) is 0.263. The summed E-state index contributed by atoms with van der Waals surface area (Å²) in [6, 6.07) is 6.53. The molecule has 26 heavy (non-hydrogen) atoms. The lowest BCUT2D eigenvalue weighted by Gasteiger charge is -2.22. The summed E-state index contributed by atoms with van der Waals surface area (Å²) < 4.78 is 34.6. The van der Waals surface area contributed by atoms with Crippen LogP contribution in [0.3, 0.4) is 0 Å². The Morgan fingerprint density at radius 1 is 1.27 bits per heavy atom. The van der Waals surface area contributed by atoms with Crippen LogP contribution in [0.15, 0.2) is 41.0 Å². The van der Waals surface area contributed by atoms with E-state index in [1.165, 1.54) is 17.2 Å². The van der Waals surface area contributed by atoms with Crippen molar-refractivity contribution in [1.29, 1.82) is 0 Å². The van der Waals surface area contributed by atoms with Gasteiger partial charge in [-0.25, -0.2) is 8.78 Å². The molecule has 0 radical (unpaired) electrons. The van der Waals surface area contributed by atoms with Gasteiger partial charge < -0.3 is 9.32 Å². The molecule has 0 saturated carbocycles. The topological polar surface area (TPSA) is 51.3 Å². The minimum Gasteiger partial charge on any atom is -0.467 e. The second-order valence-corrected chi connectivity index (χ2v) is 6.10. The summed E-state index contributed by atoms with van der Waals surface area (Å²) in [5.74, 6) is -1.33. The van der Waals surface area contributed by atoms with Gasteiger partial charge >= 0.3 is 0 Å². The summed E-state index contributed by atoms with van der Waals surface area (Å²) in [5, 5.41) is 4.30. The van der Waals surface area contributed by atoms with Gasteiger partial charge in [0.25, 0.3) is 0 Å². The van der Waals surface area contributed by atoms with Gasteiger partial charge in [-0.05, 0) is 38.1 Å². The molecule has 1 aromatic carbocycles. The van der Waals surface area contributed by atoms with Crippen molar-refractivity contribution < 1.29 is 18.0 Å². The second-order valence-electron chi connectivity index (χ2n) is 6.10. The van der Waals surface area contributed by atoms with Crippen molar-refractivity contribution in [3.8, 4) is 0 Å². The molecule has 1 amide bonds. The first-order valence-electron chi connectivity index (χ1n) is 8.13. The SMILES string of the molecule is Cc1nn(C)c(C)c1CC(=O)N(Cc1ccco1)c1ccc(F)cc1F. The van der Waals surface area contributed by atoms with E-state index < -0.39 is 11.6 Å². The molecule has 0 saturated heterocycles. The molecule has 0 spiro atoms. The minimum atomic E-state index is -0.801. The van der Waals surface area contributed by atoms with Crippen LogP contribution in [-0.2, 0) is 24.8 Å². The van der Waals surface area contributed by atoms with E-state index in [2.05, 4.69) is 5.10 Å². The number of hydrogen-bond acceptors (Lipinski definition) is 3. The van der Waals surface area contributed by atoms with Crippen LogP contribution in [0.5, 0.6) is 0 Å². The maximum Gasteiger partial charge on any atom is 0.232 e. The van der Waals surface area contributed by atoms with Crippen LogP contribution in [0.2, 0.25) is 0 Å². The highest BCUT2D eigenvalue weighted by molar-refractivity contribution is 5.95. The van der Waals surface area contributed by atoms with E-state index in [0.29, 0.717) is 5.76 Å². The maximum atomic E-state index is 14.3. The van der Waals surface area contributed by atoms with E-state index in [0.717, 1.165) is 29.1 Å². The lowest BCUT2D eigenvalue weighted by Crippen LogP contribution is -2.32. The first kappa shape index (κ1) is 17.8. The summed E-state index contributed by atoms with van der Waals surface area (Å²) in [6.45, 7) is 3.75. The fourth-order valence-electron chi connectivity index (χ4n) is 2.89. The highest BCUT2D eigenvalue weighted by Crippen LogP contribution is 2.24. The summed E-state index contributed by atoms with van der Waals surface area (Å²) in [6.07, 6.45) is 1.54. The van der Waals surface area contributed by atoms with Crippen molar-refractivity contribution >= 4 is 11.6 Å². The van der Waals surface area contributed by atoms with Crippen molar-refractivity contribution in [2.45, 2.75) is 26.8 Å². The average molecular weight is 359 g/mol. The third-order valence-electron chi connectivity index (χ3n) is 4.38. The highest BCUT2D eigenvalue weighted by atomic mass is 19.1. The predicted molar refractivity (Wildman–Crippen MR) is 92.6 cm³/mol. The van der Waals surface area contributed by atoms with Crippen molar-refractivity contribution in [3.05, 3.63) is 70.9 Å². The van der Waals surface area contributed by atoms with Crippen molar-refractivity contribution in [2.75, 3.05) is 4.90 Å². The molecule has 2 aromatic heterocycles. The molecule has 3 aromatic rings. The third-order valence-corrected chi connectivity index (χ3v) is 4.38. The molecule has 0 aliphatic carbocycles. The molecule has 0 N–H and O–H groups in total. The molecular weight excluding hydrogens is 340 g/mol. The Hall–Kier alpha value is -2.96. The van der Waals surface area contributed by atoms with Crippen LogP contribution in [0.4, 0.5) is 14.5 Å². The quantitative estimate of drug-likeness (QED) is 0.698. The number of hydrogen-bond donors (Lipinski definition) is 0. The van der Waals surface area contributed by atoms with Crippen LogP contribution in [-0.4, -0.2) is 15.7 Å². The minimum absolute atomic E-state index is 0.00648. The Balaban J connectivity index is 1.95. The van der Waals surface area contributed by atoms with E-state index in [1.54, 1.807) is 23.9 Å². The van der Waals surface area contributed by atoms with Gasteiger partial charge in [-0.3, -0.25) is 9.48 Å². The zero-order chi connectivity index (χ0) is 18.8. The molecule has 5 nitrogen and oxygen atoms in total. The number of furan rings is 1. The summed E-state index contributed by atoms with van der Waals surface area (Å²) in [4.78, 5) is 14.2. The van der Waals surface area contributed by atoms with E-state index in [1.807, 2.05) is 13.8 Å². The molecule has 136 valence electrons. The van der Waals surface area contributed by atoms with Crippen LogP contribution < -0.4 is 4.90 Å². The Morgan fingerprint density at radius 2 is 2.04 bits per heavy atom. The molecular formula is C19H19F2N3O2. The monoisotopic (exact) mass is 359 g/mol. The summed E-state index contributed by atoms with van der Waals surface area (Å²) >= 11 is 0. The number of benzene rings is 1. The Bertz CT molecular complexity index is 933. The van der Waals surface area contributed by atoms with Gasteiger partial charge in [0.15, 0.2) is 0 Å². The Morgan fingerprint density at radius 3 is 2.62 bits per heavy atom. The van der Waals surface area contributed by atoms with E-state index >= 15 is 0 Å². The van der Waals surface area contributed by atoms with E-state index in [9.17, 15) is 13.6 Å². The van der Waals surface area contributed by atoms with Gasteiger partial charge in [0.2, 0.25) is 5.91 Å². The summed E-state index contributed by atoms with van der Waals surface area (Å²) in [5.41, 5.74) is 2.42. The Kier molecular flexibility index (Phi) is 4.88. The average Bonchev–Trinajstić information content (AvgIpc) is 3.17. The number of carbonyl (C=O) groups excluding carboxylic acids is 1. The number of amides is 1. The standard InChI is InChI=1S/C19H19F2N3O2/c1-12-16(13(2)23(3)22-12)10-19(25)24(11-15-5-4-8-26-15)18-7-6-14(20)9-17(18)21/h4-9H,10-11H2,1-3H3.